The van der Waals surface area contributed by atoms with Crippen molar-refractivity contribution in [1.29, 1.82) is 0 Å². The van der Waals surface area contributed by atoms with Crippen LogP contribution >= 0.6 is 0 Å². The number of ketones is 1. The Morgan fingerprint density at radius 1 is 1.36 bits per heavy atom. The summed E-state index contributed by atoms with van der Waals surface area (Å²) < 4.78 is 0. The molecule has 2 N–H and O–H groups in total. The first-order valence-corrected chi connectivity index (χ1v) is 5.58. The molecule has 1 aliphatic rings. The second kappa shape index (κ2) is 5.30. The van der Waals surface area contributed by atoms with Crippen molar-refractivity contribution in [1.82, 2.24) is 0 Å². The third-order valence-electron chi connectivity index (χ3n) is 3.15. The summed E-state index contributed by atoms with van der Waals surface area (Å²) in [5.74, 6) is 0.641. The van der Waals surface area contributed by atoms with Crippen molar-refractivity contribution in [3.05, 3.63) is 12.2 Å². The summed E-state index contributed by atoms with van der Waals surface area (Å²) in [4.78, 5) is 11.8. The van der Waals surface area contributed by atoms with Crippen LogP contribution in [0, 0.1) is 5.92 Å². The first-order valence-electron chi connectivity index (χ1n) is 5.58. The molecule has 0 aromatic carbocycles. The third-order valence-corrected chi connectivity index (χ3v) is 3.15. The van der Waals surface area contributed by atoms with Gasteiger partial charge in [0.25, 0.3) is 0 Å². The Labute approximate surface area is 86.6 Å². The fraction of sp³-hybridized carbons (Fsp3) is 0.750. The summed E-state index contributed by atoms with van der Waals surface area (Å²) in [5, 5.41) is 0. The first-order chi connectivity index (χ1) is 6.63. The summed E-state index contributed by atoms with van der Waals surface area (Å²) in [6, 6.07) is 0.327. The second-order valence-electron chi connectivity index (χ2n) is 4.36. The highest BCUT2D eigenvalue weighted by Crippen LogP contribution is 2.25. The molecular weight excluding hydrogens is 174 g/mol. The monoisotopic (exact) mass is 195 g/mol. The highest BCUT2D eigenvalue weighted by molar-refractivity contribution is 5.83. The van der Waals surface area contributed by atoms with Crippen LogP contribution in [0.25, 0.3) is 0 Å². The van der Waals surface area contributed by atoms with Gasteiger partial charge >= 0.3 is 0 Å². The molecule has 80 valence electrons. The van der Waals surface area contributed by atoms with E-state index in [2.05, 4.69) is 6.58 Å². The summed E-state index contributed by atoms with van der Waals surface area (Å²) in [7, 11) is 0. The maximum atomic E-state index is 11.8. The number of Topliss-reactive ketones (excluding diaryl/α,β-unsaturated/α-hetero) is 1. The minimum atomic E-state index is 0.262. The maximum Gasteiger partial charge on any atom is 0.139 e. The van der Waals surface area contributed by atoms with Crippen molar-refractivity contribution < 1.29 is 4.79 Å². The highest BCUT2D eigenvalue weighted by atomic mass is 16.1. The average Bonchev–Trinajstić information content (AvgIpc) is 2.18. The fourth-order valence-electron chi connectivity index (χ4n) is 1.96. The van der Waals surface area contributed by atoms with E-state index < -0.39 is 0 Å². The molecule has 0 aliphatic heterocycles. The molecule has 1 saturated carbocycles. The molecule has 0 aromatic heterocycles. The van der Waals surface area contributed by atoms with Crippen molar-refractivity contribution in [2.24, 2.45) is 11.7 Å². The van der Waals surface area contributed by atoms with Gasteiger partial charge in [-0.3, -0.25) is 4.79 Å². The summed E-state index contributed by atoms with van der Waals surface area (Å²) in [6.45, 7) is 5.93. The number of carbonyl (C=O) groups excluding carboxylic acids is 1. The van der Waals surface area contributed by atoms with Gasteiger partial charge in [-0.1, -0.05) is 19.1 Å². The normalized spacial score (nSPS) is 27.3. The molecule has 0 saturated heterocycles. The lowest BCUT2D eigenvalue weighted by molar-refractivity contribution is -0.123. The van der Waals surface area contributed by atoms with Crippen LogP contribution in [0.1, 0.15) is 45.4 Å². The summed E-state index contributed by atoms with van der Waals surface area (Å²) in [6.07, 6.45) is 5.48. The first kappa shape index (κ1) is 11.4. The molecule has 0 heterocycles. The Hall–Kier alpha value is -0.630. The van der Waals surface area contributed by atoms with Crippen LogP contribution < -0.4 is 5.73 Å². The Morgan fingerprint density at radius 2 is 1.93 bits per heavy atom. The molecule has 0 atom stereocenters. The SMILES string of the molecule is C=C(CC)CC(=O)C1CCC(N)CC1. The van der Waals surface area contributed by atoms with E-state index in [9.17, 15) is 4.79 Å². The van der Waals surface area contributed by atoms with Crippen molar-refractivity contribution >= 4 is 5.78 Å². The van der Waals surface area contributed by atoms with Gasteiger partial charge in [0.2, 0.25) is 0 Å². The number of carbonyl (C=O) groups is 1. The van der Waals surface area contributed by atoms with Gasteiger partial charge in [-0.15, -0.1) is 0 Å². The third kappa shape index (κ3) is 3.26. The van der Waals surface area contributed by atoms with Crippen molar-refractivity contribution in [2.45, 2.75) is 51.5 Å². The average molecular weight is 195 g/mol. The standard InChI is InChI=1S/C12H21NO/c1-3-9(2)8-12(14)10-4-6-11(13)7-5-10/h10-11H,2-8,13H2,1H3. The lowest BCUT2D eigenvalue weighted by Crippen LogP contribution is -2.29. The molecule has 1 rings (SSSR count). The van der Waals surface area contributed by atoms with Crippen molar-refractivity contribution in [2.75, 3.05) is 0 Å². The quantitative estimate of drug-likeness (QED) is 0.700. The van der Waals surface area contributed by atoms with Gasteiger partial charge in [0.15, 0.2) is 0 Å². The van der Waals surface area contributed by atoms with Crippen LogP contribution in [-0.4, -0.2) is 11.8 Å². The van der Waals surface area contributed by atoms with E-state index >= 15 is 0 Å². The van der Waals surface area contributed by atoms with Crippen LogP contribution in [-0.2, 0) is 4.79 Å². The number of nitrogens with two attached hydrogens (primary N) is 1. The zero-order valence-corrected chi connectivity index (χ0v) is 9.09. The van der Waals surface area contributed by atoms with E-state index in [1.54, 1.807) is 0 Å². The topological polar surface area (TPSA) is 43.1 Å². The molecule has 0 bridgehead atoms. The minimum absolute atomic E-state index is 0.262. The molecule has 0 amide bonds. The van der Waals surface area contributed by atoms with Gasteiger partial charge < -0.3 is 5.73 Å². The van der Waals surface area contributed by atoms with Crippen LogP contribution in [0.15, 0.2) is 12.2 Å². The molecule has 2 nitrogen and oxygen atoms in total. The molecule has 0 aromatic rings. The van der Waals surface area contributed by atoms with Gasteiger partial charge in [0.05, 0.1) is 0 Å². The van der Waals surface area contributed by atoms with Crippen LogP contribution in [0.4, 0.5) is 0 Å². The van der Waals surface area contributed by atoms with Gasteiger partial charge in [0.1, 0.15) is 5.78 Å². The van der Waals surface area contributed by atoms with E-state index in [-0.39, 0.29) is 5.92 Å². The van der Waals surface area contributed by atoms with Gasteiger partial charge in [0, 0.05) is 18.4 Å². The molecule has 0 spiro atoms. The molecular formula is C12H21NO. The van der Waals surface area contributed by atoms with Crippen molar-refractivity contribution in [3.8, 4) is 0 Å². The van der Waals surface area contributed by atoms with Crippen LogP contribution in [0.5, 0.6) is 0 Å². The lowest BCUT2D eigenvalue weighted by atomic mass is 9.82. The Balaban J connectivity index is 2.34. The molecule has 1 aliphatic carbocycles. The zero-order chi connectivity index (χ0) is 10.6. The van der Waals surface area contributed by atoms with Gasteiger partial charge in [-0.05, 0) is 32.1 Å². The molecule has 1 fully saturated rings. The predicted molar refractivity (Wildman–Crippen MR) is 59.0 cm³/mol. The smallest absolute Gasteiger partial charge is 0.139 e. The fourth-order valence-corrected chi connectivity index (χ4v) is 1.96. The van der Waals surface area contributed by atoms with Gasteiger partial charge in [-0.25, -0.2) is 0 Å². The Bertz CT molecular complexity index is 214. The summed E-state index contributed by atoms with van der Waals surface area (Å²) >= 11 is 0. The van der Waals surface area contributed by atoms with E-state index in [0.717, 1.165) is 37.7 Å². The van der Waals surface area contributed by atoms with Crippen molar-refractivity contribution in [3.63, 3.8) is 0 Å². The highest BCUT2D eigenvalue weighted by Gasteiger charge is 2.24. The lowest BCUT2D eigenvalue weighted by Gasteiger charge is -2.25. The number of hydrogen-bond donors (Lipinski definition) is 1. The molecule has 0 unspecified atom stereocenters. The number of rotatable bonds is 4. The maximum absolute atomic E-state index is 11.8. The molecule has 2 heteroatoms. The molecule has 0 radical (unpaired) electrons. The van der Waals surface area contributed by atoms with E-state index in [1.807, 2.05) is 6.92 Å². The molecule has 14 heavy (non-hydrogen) atoms. The van der Waals surface area contributed by atoms with Crippen LogP contribution in [0.2, 0.25) is 0 Å². The van der Waals surface area contributed by atoms with E-state index in [0.29, 0.717) is 18.2 Å². The largest absolute Gasteiger partial charge is 0.328 e. The Morgan fingerprint density at radius 3 is 2.43 bits per heavy atom. The summed E-state index contributed by atoms with van der Waals surface area (Å²) in [5.41, 5.74) is 6.86. The van der Waals surface area contributed by atoms with Gasteiger partial charge in [-0.2, -0.15) is 0 Å². The van der Waals surface area contributed by atoms with E-state index in [4.69, 9.17) is 5.73 Å². The minimum Gasteiger partial charge on any atom is -0.328 e. The number of hydrogen-bond acceptors (Lipinski definition) is 2. The van der Waals surface area contributed by atoms with Crippen LogP contribution in [0.3, 0.4) is 0 Å². The number of allylic oxidation sites excluding steroid dienone is 1. The Kier molecular flexibility index (Phi) is 4.33. The zero-order valence-electron chi connectivity index (χ0n) is 9.09. The second-order valence-corrected chi connectivity index (χ2v) is 4.36. The predicted octanol–water partition coefficient (Wildman–Crippen LogP) is 2.43. The van der Waals surface area contributed by atoms with E-state index in [1.165, 1.54) is 0 Å².